The third-order valence-corrected chi connectivity index (χ3v) is 3.38. The molecule has 0 bridgehead atoms. The van der Waals surface area contributed by atoms with E-state index in [1.54, 1.807) is 6.07 Å². The summed E-state index contributed by atoms with van der Waals surface area (Å²) >= 11 is 0. The summed E-state index contributed by atoms with van der Waals surface area (Å²) in [6.45, 7) is 5.53. The van der Waals surface area contributed by atoms with Crippen LogP contribution in [0.4, 0.5) is 0 Å². The third-order valence-electron chi connectivity index (χ3n) is 3.38. The van der Waals surface area contributed by atoms with Gasteiger partial charge >= 0.3 is 0 Å². The van der Waals surface area contributed by atoms with Crippen LogP contribution in [0.2, 0.25) is 0 Å². The number of benzene rings is 1. The van der Waals surface area contributed by atoms with E-state index < -0.39 is 0 Å². The molecule has 6 nitrogen and oxygen atoms in total. The minimum absolute atomic E-state index is 0.162. The molecule has 0 aliphatic carbocycles. The van der Waals surface area contributed by atoms with E-state index in [0.717, 1.165) is 16.8 Å². The molecule has 1 heterocycles. The second kappa shape index (κ2) is 7.58. The quantitative estimate of drug-likeness (QED) is 0.855. The number of carbonyl (C=O) groups excluding carboxylic acids is 2. The highest BCUT2D eigenvalue weighted by atomic mass is 16.5. The monoisotopic (exact) mass is 315 g/mol. The smallest absolute Gasteiger partial charge is 0.222 e. The summed E-state index contributed by atoms with van der Waals surface area (Å²) in [5, 5.41) is 9.35. The van der Waals surface area contributed by atoms with Gasteiger partial charge in [0.1, 0.15) is 0 Å². The molecule has 2 amide bonds. The summed E-state index contributed by atoms with van der Waals surface area (Å²) in [4.78, 5) is 23.5. The zero-order valence-electron chi connectivity index (χ0n) is 13.6. The van der Waals surface area contributed by atoms with Crippen molar-refractivity contribution in [3.8, 4) is 0 Å². The first-order valence-electron chi connectivity index (χ1n) is 7.46. The van der Waals surface area contributed by atoms with Crippen molar-refractivity contribution < 1.29 is 14.1 Å². The van der Waals surface area contributed by atoms with Crippen LogP contribution in [0.1, 0.15) is 42.0 Å². The molecule has 0 aliphatic rings. The summed E-state index contributed by atoms with van der Waals surface area (Å²) in [7, 11) is 0. The van der Waals surface area contributed by atoms with Gasteiger partial charge in [-0.2, -0.15) is 0 Å². The minimum atomic E-state index is -0.357. The zero-order valence-corrected chi connectivity index (χ0v) is 13.6. The van der Waals surface area contributed by atoms with Gasteiger partial charge in [0.25, 0.3) is 0 Å². The Labute approximate surface area is 135 Å². The molecule has 1 aromatic carbocycles. The van der Waals surface area contributed by atoms with Crippen LogP contribution in [-0.2, 0) is 16.1 Å². The molecule has 0 saturated carbocycles. The average Bonchev–Trinajstić information content (AvgIpc) is 2.90. The molecular weight excluding hydrogens is 294 g/mol. The summed E-state index contributed by atoms with van der Waals surface area (Å²) in [5.74, 6) is 0.259. The average molecular weight is 315 g/mol. The van der Waals surface area contributed by atoms with E-state index in [2.05, 4.69) is 15.8 Å². The van der Waals surface area contributed by atoms with Crippen molar-refractivity contribution in [2.45, 2.75) is 39.8 Å². The van der Waals surface area contributed by atoms with Crippen LogP contribution in [0, 0.1) is 13.8 Å². The summed E-state index contributed by atoms with van der Waals surface area (Å²) in [6, 6.07) is 9.17. The Bertz CT molecular complexity index is 677. The van der Waals surface area contributed by atoms with Gasteiger partial charge in [-0.3, -0.25) is 9.59 Å². The van der Waals surface area contributed by atoms with Gasteiger partial charge in [-0.15, -0.1) is 0 Å². The maximum Gasteiger partial charge on any atom is 0.222 e. The molecule has 0 fully saturated rings. The van der Waals surface area contributed by atoms with Gasteiger partial charge in [0.05, 0.1) is 24.7 Å². The Kier molecular flexibility index (Phi) is 5.51. The first-order valence-corrected chi connectivity index (χ1v) is 7.46. The van der Waals surface area contributed by atoms with Crippen molar-refractivity contribution in [2.24, 2.45) is 0 Å². The van der Waals surface area contributed by atoms with Gasteiger partial charge in [-0.25, -0.2) is 0 Å². The molecule has 1 atom stereocenters. The van der Waals surface area contributed by atoms with E-state index in [1.165, 1.54) is 6.92 Å². The van der Waals surface area contributed by atoms with E-state index in [0.29, 0.717) is 5.76 Å². The number of nitrogens with zero attached hydrogens (tertiary/aromatic N) is 1. The first-order chi connectivity index (χ1) is 10.9. The highest BCUT2D eigenvalue weighted by Crippen LogP contribution is 2.17. The van der Waals surface area contributed by atoms with Crippen molar-refractivity contribution in [2.75, 3.05) is 0 Å². The summed E-state index contributed by atoms with van der Waals surface area (Å²) < 4.78 is 5.05. The molecule has 0 aliphatic heterocycles. The zero-order chi connectivity index (χ0) is 16.8. The van der Waals surface area contributed by atoms with Gasteiger partial charge in [-0.1, -0.05) is 35.0 Å². The largest absolute Gasteiger partial charge is 0.359 e. The lowest BCUT2D eigenvalue weighted by atomic mass is 10.0. The van der Waals surface area contributed by atoms with Crippen LogP contribution in [0.3, 0.4) is 0 Å². The van der Waals surface area contributed by atoms with Crippen LogP contribution in [0.5, 0.6) is 0 Å². The molecule has 0 saturated heterocycles. The summed E-state index contributed by atoms with van der Waals surface area (Å²) in [6.07, 6.45) is 0.162. The minimum Gasteiger partial charge on any atom is -0.359 e. The van der Waals surface area contributed by atoms with Crippen molar-refractivity contribution in [3.63, 3.8) is 0 Å². The van der Waals surface area contributed by atoms with E-state index in [-0.39, 0.29) is 30.8 Å². The van der Waals surface area contributed by atoms with Crippen LogP contribution in [0.25, 0.3) is 0 Å². The number of aryl methyl sites for hydroxylation is 2. The maximum atomic E-state index is 12.1. The molecule has 2 aromatic rings. The second-order valence-electron chi connectivity index (χ2n) is 5.58. The van der Waals surface area contributed by atoms with E-state index >= 15 is 0 Å². The lowest BCUT2D eigenvalue weighted by molar-refractivity contribution is -0.123. The molecule has 1 aromatic heterocycles. The van der Waals surface area contributed by atoms with Crippen LogP contribution >= 0.6 is 0 Å². The number of carbonyl (C=O) groups is 2. The second-order valence-corrected chi connectivity index (χ2v) is 5.58. The van der Waals surface area contributed by atoms with Crippen molar-refractivity contribution in [3.05, 3.63) is 52.9 Å². The number of nitrogens with one attached hydrogen (secondary N) is 2. The van der Waals surface area contributed by atoms with Crippen LogP contribution in [-0.4, -0.2) is 17.0 Å². The standard InChI is InChI=1S/C17H21N3O3/c1-11-4-6-14(7-5-11)16(19-13(3)21)9-17(22)18-10-15-8-12(2)20-23-15/h4-8,16H,9-10H2,1-3H3,(H,18,22)(H,19,21). The maximum absolute atomic E-state index is 12.1. The Morgan fingerprint density at radius 1 is 1.22 bits per heavy atom. The van der Waals surface area contributed by atoms with Crippen molar-refractivity contribution in [1.29, 1.82) is 0 Å². The molecule has 2 rings (SSSR count). The third kappa shape index (κ3) is 5.25. The molecule has 6 heteroatoms. The predicted molar refractivity (Wildman–Crippen MR) is 85.4 cm³/mol. The lowest BCUT2D eigenvalue weighted by Gasteiger charge is -2.18. The molecule has 122 valence electrons. The van der Waals surface area contributed by atoms with Crippen LogP contribution < -0.4 is 10.6 Å². The fourth-order valence-electron chi connectivity index (χ4n) is 2.24. The number of amides is 2. The number of hydrogen-bond acceptors (Lipinski definition) is 4. The predicted octanol–water partition coefficient (Wildman–Crippen LogP) is 2.18. The first kappa shape index (κ1) is 16.7. The van der Waals surface area contributed by atoms with Crippen LogP contribution in [0.15, 0.2) is 34.9 Å². The van der Waals surface area contributed by atoms with E-state index in [1.807, 2.05) is 38.1 Å². The van der Waals surface area contributed by atoms with Gasteiger partial charge in [0.15, 0.2) is 5.76 Å². The number of hydrogen-bond donors (Lipinski definition) is 2. The molecule has 2 N–H and O–H groups in total. The highest BCUT2D eigenvalue weighted by Gasteiger charge is 2.17. The van der Waals surface area contributed by atoms with Gasteiger partial charge in [-0.05, 0) is 19.4 Å². The number of aromatic nitrogens is 1. The topological polar surface area (TPSA) is 84.2 Å². The number of rotatable bonds is 6. The fraction of sp³-hybridized carbons (Fsp3) is 0.353. The van der Waals surface area contributed by atoms with Crippen molar-refractivity contribution in [1.82, 2.24) is 15.8 Å². The SMILES string of the molecule is CC(=O)NC(CC(=O)NCc1cc(C)no1)c1ccc(C)cc1. The van der Waals surface area contributed by atoms with Gasteiger partial charge < -0.3 is 15.2 Å². The molecule has 1 unspecified atom stereocenters. The molecule has 0 spiro atoms. The van der Waals surface area contributed by atoms with Gasteiger partial charge in [0, 0.05) is 13.0 Å². The molecule has 23 heavy (non-hydrogen) atoms. The Hall–Kier alpha value is -2.63. The normalized spacial score (nSPS) is 11.8. The Morgan fingerprint density at radius 2 is 1.91 bits per heavy atom. The van der Waals surface area contributed by atoms with E-state index in [9.17, 15) is 9.59 Å². The van der Waals surface area contributed by atoms with Gasteiger partial charge in [0.2, 0.25) is 11.8 Å². The lowest BCUT2D eigenvalue weighted by Crippen LogP contribution is -2.32. The van der Waals surface area contributed by atoms with Crippen molar-refractivity contribution >= 4 is 11.8 Å². The summed E-state index contributed by atoms with van der Waals surface area (Å²) in [5.41, 5.74) is 2.79. The molecule has 0 radical (unpaired) electrons. The Balaban J connectivity index is 1.97. The Morgan fingerprint density at radius 3 is 2.48 bits per heavy atom. The highest BCUT2D eigenvalue weighted by molar-refractivity contribution is 5.79. The molecular formula is C17H21N3O3. The fourth-order valence-corrected chi connectivity index (χ4v) is 2.24. The van der Waals surface area contributed by atoms with E-state index in [4.69, 9.17) is 4.52 Å².